The number of hydrogen-bond donors (Lipinski definition) is 1. The molecule has 0 saturated carbocycles. The molecular formula is C18H30FIN4O. The Labute approximate surface area is 167 Å². The summed E-state index contributed by atoms with van der Waals surface area (Å²) < 4.78 is 13.6. The summed E-state index contributed by atoms with van der Waals surface area (Å²) in [6.45, 7) is 10.3. The van der Waals surface area contributed by atoms with E-state index in [0.29, 0.717) is 37.7 Å². The number of nitrogens with one attached hydrogen (secondary N) is 1. The molecule has 0 unspecified atom stereocenters. The smallest absolute Gasteiger partial charge is 0.242 e. The quantitative estimate of drug-likeness (QED) is 0.384. The number of guanidine groups is 1. The highest BCUT2D eigenvalue weighted by atomic mass is 127. The van der Waals surface area contributed by atoms with E-state index in [2.05, 4.69) is 10.3 Å². The summed E-state index contributed by atoms with van der Waals surface area (Å²) in [5.41, 5.74) is 1.42. The molecule has 0 radical (unpaired) electrons. The molecule has 0 heterocycles. The molecule has 0 aliphatic heterocycles. The van der Waals surface area contributed by atoms with Gasteiger partial charge in [-0.15, -0.1) is 24.0 Å². The number of amides is 1. The van der Waals surface area contributed by atoms with E-state index in [1.165, 1.54) is 6.07 Å². The number of aryl methyl sites for hydroxylation is 1. The first kappa shape index (κ1) is 23.6. The van der Waals surface area contributed by atoms with Gasteiger partial charge in [0.1, 0.15) is 5.82 Å². The number of likely N-dealkylation sites (N-methyl/N-ethyl adjacent to an activating group) is 2. The van der Waals surface area contributed by atoms with E-state index < -0.39 is 0 Å². The molecule has 0 atom stereocenters. The maximum Gasteiger partial charge on any atom is 0.242 e. The fourth-order valence-corrected chi connectivity index (χ4v) is 2.32. The van der Waals surface area contributed by atoms with Crippen LogP contribution in [0.15, 0.2) is 23.2 Å². The SMILES string of the molecule is CCNC(=NCc1ccc(C)c(F)c1)N(C)CC(=O)N(CC)CC.I. The minimum Gasteiger partial charge on any atom is -0.357 e. The Kier molecular flexibility index (Phi) is 11.4. The predicted molar refractivity (Wildman–Crippen MR) is 112 cm³/mol. The zero-order valence-corrected chi connectivity index (χ0v) is 18.1. The van der Waals surface area contributed by atoms with Gasteiger partial charge in [0.15, 0.2) is 5.96 Å². The van der Waals surface area contributed by atoms with Crippen molar-refractivity contribution in [2.45, 2.75) is 34.2 Å². The van der Waals surface area contributed by atoms with Crippen molar-refractivity contribution in [3.63, 3.8) is 0 Å². The van der Waals surface area contributed by atoms with E-state index in [0.717, 1.165) is 5.56 Å². The maximum absolute atomic E-state index is 13.6. The fraction of sp³-hybridized carbons (Fsp3) is 0.556. The van der Waals surface area contributed by atoms with Crippen molar-refractivity contribution >= 4 is 35.8 Å². The van der Waals surface area contributed by atoms with E-state index in [1.54, 1.807) is 22.8 Å². The summed E-state index contributed by atoms with van der Waals surface area (Å²) >= 11 is 0. The second-order valence-electron chi connectivity index (χ2n) is 5.68. The second-order valence-corrected chi connectivity index (χ2v) is 5.68. The minimum atomic E-state index is -0.224. The number of nitrogens with zero attached hydrogens (tertiary/aromatic N) is 3. The number of hydrogen-bond acceptors (Lipinski definition) is 2. The summed E-state index contributed by atoms with van der Waals surface area (Å²) in [5.74, 6) is 0.478. The normalized spacial score (nSPS) is 10.9. The van der Waals surface area contributed by atoms with Crippen LogP contribution in [0, 0.1) is 12.7 Å². The topological polar surface area (TPSA) is 47.9 Å². The fourth-order valence-electron chi connectivity index (χ4n) is 2.32. The van der Waals surface area contributed by atoms with E-state index in [-0.39, 0.29) is 42.2 Å². The Bertz CT molecular complexity index is 576. The Hall–Kier alpha value is -1.38. The zero-order valence-electron chi connectivity index (χ0n) is 15.8. The van der Waals surface area contributed by atoms with Gasteiger partial charge in [0.2, 0.25) is 5.91 Å². The van der Waals surface area contributed by atoms with Gasteiger partial charge in [-0.1, -0.05) is 12.1 Å². The largest absolute Gasteiger partial charge is 0.357 e. The summed E-state index contributed by atoms with van der Waals surface area (Å²) in [6, 6.07) is 5.12. The minimum absolute atomic E-state index is 0. The molecule has 0 aliphatic rings. The molecule has 0 saturated heterocycles. The Morgan fingerprint density at radius 3 is 2.40 bits per heavy atom. The summed E-state index contributed by atoms with van der Waals surface area (Å²) in [7, 11) is 1.83. The summed E-state index contributed by atoms with van der Waals surface area (Å²) in [5, 5.41) is 3.17. The highest BCUT2D eigenvalue weighted by molar-refractivity contribution is 14.0. The Morgan fingerprint density at radius 2 is 1.88 bits per heavy atom. The van der Waals surface area contributed by atoms with Crippen LogP contribution < -0.4 is 5.32 Å². The van der Waals surface area contributed by atoms with Crippen molar-refractivity contribution in [2.75, 3.05) is 33.2 Å². The van der Waals surface area contributed by atoms with Gasteiger partial charge in [-0.3, -0.25) is 4.79 Å². The van der Waals surface area contributed by atoms with Crippen LogP contribution in [0.3, 0.4) is 0 Å². The van der Waals surface area contributed by atoms with Crippen LogP contribution in [0.25, 0.3) is 0 Å². The number of benzene rings is 1. The first-order valence-corrected chi connectivity index (χ1v) is 8.45. The molecule has 1 rings (SSSR count). The van der Waals surface area contributed by atoms with Crippen molar-refractivity contribution in [1.29, 1.82) is 0 Å². The molecule has 25 heavy (non-hydrogen) atoms. The molecule has 0 spiro atoms. The molecule has 0 aromatic heterocycles. The van der Waals surface area contributed by atoms with Gasteiger partial charge >= 0.3 is 0 Å². The van der Waals surface area contributed by atoms with E-state index in [9.17, 15) is 9.18 Å². The number of aliphatic imine (C=N–C) groups is 1. The van der Waals surface area contributed by atoms with Crippen LogP contribution in [0.2, 0.25) is 0 Å². The molecule has 142 valence electrons. The van der Waals surface area contributed by atoms with Gasteiger partial charge in [0.05, 0.1) is 13.1 Å². The molecule has 0 fully saturated rings. The Balaban J connectivity index is 0.00000576. The first-order chi connectivity index (χ1) is 11.4. The van der Waals surface area contributed by atoms with Crippen molar-refractivity contribution in [1.82, 2.24) is 15.1 Å². The molecule has 5 nitrogen and oxygen atoms in total. The van der Waals surface area contributed by atoms with Crippen molar-refractivity contribution in [3.8, 4) is 0 Å². The Morgan fingerprint density at radius 1 is 1.24 bits per heavy atom. The van der Waals surface area contributed by atoms with Crippen LogP contribution in [0.1, 0.15) is 31.9 Å². The number of halogens is 2. The lowest BCUT2D eigenvalue weighted by Crippen LogP contribution is -2.45. The lowest BCUT2D eigenvalue weighted by molar-refractivity contribution is -0.131. The molecule has 1 aromatic carbocycles. The van der Waals surface area contributed by atoms with Crippen LogP contribution >= 0.6 is 24.0 Å². The van der Waals surface area contributed by atoms with Crippen molar-refractivity contribution in [3.05, 3.63) is 35.1 Å². The van der Waals surface area contributed by atoms with Crippen molar-refractivity contribution in [2.24, 2.45) is 4.99 Å². The zero-order chi connectivity index (χ0) is 18.1. The van der Waals surface area contributed by atoms with Gasteiger partial charge in [-0.05, 0) is 44.9 Å². The standard InChI is InChI=1S/C18H29FN4O.HI/c1-6-20-18(22(5)13-17(24)23(7-2)8-3)21-12-15-10-9-14(4)16(19)11-15;/h9-11H,6-8,12-13H2,1-5H3,(H,20,21);1H. The molecule has 7 heteroatoms. The maximum atomic E-state index is 13.6. The van der Waals surface area contributed by atoms with Gasteiger partial charge < -0.3 is 15.1 Å². The van der Waals surface area contributed by atoms with Gasteiger partial charge in [-0.2, -0.15) is 0 Å². The summed E-state index contributed by atoms with van der Waals surface area (Å²) in [4.78, 5) is 20.3. The highest BCUT2D eigenvalue weighted by Crippen LogP contribution is 2.10. The average Bonchev–Trinajstić information content (AvgIpc) is 2.55. The molecule has 1 amide bonds. The van der Waals surface area contributed by atoms with E-state index in [4.69, 9.17) is 0 Å². The first-order valence-electron chi connectivity index (χ1n) is 8.45. The van der Waals surface area contributed by atoms with Gasteiger partial charge in [0.25, 0.3) is 0 Å². The predicted octanol–water partition coefficient (Wildman–Crippen LogP) is 3.02. The average molecular weight is 464 g/mol. The third-order valence-electron chi connectivity index (χ3n) is 3.83. The van der Waals surface area contributed by atoms with Crippen LogP contribution in [-0.2, 0) is 11.3 Å². The molecule has 1 N–H and O–H groups in total. The van der Waals surface area contributed by atoms with Crippen molar-refractivity contribution < 1.29 is 9.18 Å². The van der Waals surface area contributed by atoms with Gasteiger partial charge in [-0.25, -0.2) is 9.38 Å². The molecule has 0 bridgehead atoms. The molecule has 1 aromatic rings. The highest BCUT2D eigenvalue weighted by Gasteiger charge is 2.15. The number of carbonyl (C=O) groups excluding carboxylic acids is 1. The lowest BCUT2D eigenvalue weighted by atomic mass is 10.1. The number of carbonyl (C=O) groups is 1. The van der Waals surface area contributed by atoms with Crippen LogP contribution in [0.5, 0.6) is 0 Å². The third kappa shape index (κ3) is 7.58. The summed E-state index contributed by atoms with van der Waals surface area (Å²) in [6.07, 6.45) is 0. The number of rotatable bonds is 7. The molecule has 0 aliphatic carbocycles. The van der Waals surface area contributed by atoms with Crippen LogP contribution in [-0.4, -0.2) is 54.9 Å². The van der Waals surface area contributed by atoms with E-state index in [1.807, 2.05) is 33.9 Å². The molecular weight excluding hydrogens is 434 g/mol. The monoisotopic (exact) mass is 464 g/mol. The third-order valence-corrected chi connectivity index (χ3v) is 3.83. The van der Waals surface area contributed by atoms with Crippen LogP contribution in [0.4, 0.5) is 4.39 Å². The second kappa shape index (κ2) is 12.1. The lowest BCUT2D eigenvalue weighted by Gasteiger charge is -2.25. The van der Waals surface area contributed by atoms with E-state index >= 15 is 0 Å². The van der Waals surface area contributed by atoms with Gasteiger partial charge in [0, 0.05) is 26.7 Å².